The number of hydrogen-bond acceptors (Lipinski definition) is 0. The first-order chi connectivity index (χ1) is 1.41. The van der Waals surface area contributed by atoms with Crippen molar-refractivity contribution >= 4 is 20.2 Å². The van der Waals surface area contributed by atoms with E-state index in [1.54, 1.807) is 0 Å². The second-order valence-electron chi connectivity index (χ2n) is 0.0505. The minimum Gasteiger partial charge on any atom is 2.00 e. The zero-order valence-electron chi connectivity index (χ0n) is 4.24. The largest absolute Gasteiger partial charge is 2.00 e. The molecule has 0 amide bonds. The summed E-state index contributed by atoms with van der Waals surface area (Å²) in [4.78, 5) is 0. The van der Waals surface area contributed by atoms with E-state index >= 15 is 0 Å². The van der Waals surface area contributed by atoms with E-state index < -0.39 is 0 Å². The third kappa shape index (κ3) is 197. The number of rotatable bonds is 0. The quantitative estimate of drug-likeness (QED) is 0.392. The van der Waals surface area contributed by atoms with Crippen molar-refractivity contribution in [3.63, 3.8) is 0 Å². The summed E-state index contributed by atoms with van der Waals surface area (Å²) >= 11 is 0.194. The minimum absolute atomic E-state index is 0. The molecule has 0 unspecified atom stereocenters. The first-order valence-electron chi connectivity index (χ1n) is 0.267. The summed E-state index contributed by atoms with van der Waals surface area (Å²) in [6, 6.07) is 0. The van der Waals surface area contributed by atoms with Gasteiger partial charge in [-0.05, 0) is 0 Å². The molecule has 8 N–H and O–H groups in total. The number of halogens is 4. The normalized spacial score (nSPS) is 2.20. The van der Waals surface area contributed by atoms with Crippen molar-refractivity contribution in [1.29, 1.82) is 0 Å². The molecule has 0 saturated carbocycles. The van der Waals surface area contributed by atoms with Crippen molar-refractivity contribution in [2.75, 3.05) is 0 Å². The van der Waals surface area contributed by atoms with Gasteiger partial charge in [-0.15, -0.1) is 0 Å². The monoisotopic (exact) mass is 323 g/mol. The maximum absolute atomic E-state index is 4.76. The van der Waals surface area contributed by atoms with Gasteiger partial charge in [-0.25, -0.2) is 0 Å². The summed E-state index contributed by atoms with van der Waals surface area (Å²) in [6.45, 7) is 0. The molecule has 0 aliphatic carbocycles. The second-order valence-corrected chi connectivity index (χ2v) is 1.87. The van der Waals surface area contributed by atoms with Crippen molar-refractivity contribution in [3.05, 3.63) is 0 Å². The van der Waals surface area contributed by atoms with Crippen LogP contribution < -0.4 is 24.8 Å². The fourth-order valence-electron chi connectivity index (χ4n) is 0. The average Bonchev–Trinajstić information content (AvgIpc) is 0.918. The average molecular weight is 325 g/mol. The Kier molecular flexibility index (Phi) is 1080. The molecule has 0 aromatic carbocycles. The molecular weight excluding hydrogens is 317 g/mol. The molecule has 0 rings (SSSR count). The van der Waals surface area contributed by atoms with E-state index in [4.69, 9.17) is 20.2 Å². The smallest absolute Gasteiger partial charge is 2.00 e. The third-order valence-corrected chi connectivity index (χ3v) is 0. The summed E-state index contributed by atoms with van der Waals surface area (Å²) in [6.07, 6.45) is 0. The standard InChI is InChI=1S/4ClH.Fe.Mn.4H2O/h4*1H;;;4*1H2/q;;;;2*+2;;;;/p-4. The maximum Gasteiger partial charge on any atom is 2.00 e. The van der Waals surface area contributed by atoms with E-state index in [-0.39, 0.29) is 76.9 Å². The van der Waals surface area contributed by atoms with E-state index in [1.165, 1.54) is 0 Å². The van der Waals surface area contributed by atoms with Crippen molar-refractivity contribution in [1.82, 2.24) is 0 Å². The van der Waals surface area contributed by atoms with Crippen LogP contribution in [0.4, 0.5) is 0 Å². The molecule has 0 aliphatic rings. The molecule has 10 heavy (non-hydrogen) atoms. The molecular formula is H8Cl4FeMnO4. The van der Waals surface area contributed by atoms with Gasteiger partial charge in [-0.2, -0.15) is 0 Å². The molecule has 0 fully saturated rings. The molecule has 0 aliphatic heterocycles. The summed E-state index contributed by atoms with van der Waals surface area (Å²) in [5, 5.41) is 0. The van der Waals surface area contributed by atoms with Crippen LogP contribution >= 0.6 is 20.2 Å². The van der Waals surface area contributed by atoms with Gasteiger partial charge < -0.3 is 46.7 Å². The molecule has 10 heteroatoms. The third-order valence-electron chi connectivity index (χ3n) is 0. The van der Waals surface area contributed by atoms with Gasteiger partial charge in [-0.3, -0.25) is 0 Å². The van der Waals surface area contributed by atoms with Gasteiger partial charge in [0.15, 0.2) is 0 Å². The van der Waals surface area contributed by atoms with E-state index in [9.17, 15) is 0 Å². The van der Waals surface area contributed by atoms with Gasteiger partial charge in [0, 0.05) is 0 Å². The van der Waals surface area contributed by atoms with E-state index in [2.05, 4.69) is 0 Å². The molecule has 0 atom stereocenters. The van der Waals surface area contributed by atoms with E-state index in [0.29, 0.717) is 0 Å². The fourth-order valence-corrected chi connectivity index (χ4v) is 0. The van der Waals surface area contributed by atoms with Gasteiger partial charge in [0.25, 0.3) is 0 Å². The Labute approximate surface area is 96.5 Å². The van der Waals surface area contributed by atoms with Crippen LogP contribution in [0, 0.1) is 0 Å². The van der Waals surface area contributed by atoms with Gasteiger partial charge in [0.1, 0.15) is 0 Å². The topological polar surface area (TPSA) is 126 Å². The molecule has 0 aromatic heterocycles. The zero-order valence-corrected chi connectivity index (χ0v) is 9.55. The van der Waals surface area contributed by atoms with Crippen LogP contribution in [0.25, 0.3) is 0 Å². The molecule has 0 spiro atoms. The van der Waals surface area contributed by atoms with Gasteiger partial charge in [-0.1, -0.05) is 0 Å². The SMILES string of the molecule is O.O.O.O.[Cl-].[Cl-].[Cl][Fe][Cl].[Mn+2]. The molecule has 75 valence electrons. The number of hydrogen-bond donors (Lipinski definition) is 0. The molecule has 0 aromatic rings. The van der Waals surface area contributed by atoms with Gasteiger partial charge in [0.2, 0.25) is 0 Å². The molecule has 0 bridgehead atoms. The first kappa shape index (κ1) is 89.9. The van der Waals surface area contributed by atoms with Crippen LogP contribution in [0.1, 0.15) is 0 Å². The summed E-state index contributed by atoms with van der Waals surface area (Å²) in [5.74, 6) is 0. The van der Waals surface area contributed by atoms with Crippen molar-refractivity contribution in [3.8, 4) is 0 Å². The van der Waals surface area contributed by atoms with Crippen molar-refractivity contribution in [2.45, 2.75) is 0 Å². The van der Waals surface area contributed by atoms with Crippen LogP contribution in [-0.2, 0) is 30.2 Å². The molecule has 1 radical (unpaired) electrons. The Balaban J connectivity index is -0.000000000952. The van der Waals surface area contributed by atoms with Crippen LogP contribution in [0.3, 0.4) is 0 Å². The van der Waals surface area contributed by atoms with Crippen LogP contribution in [-0.4, -0.2) is 21.9 Å². The maximum atomic E-state index is 4.76. The summed E-state index contributed by atoms with van der Waals surface area (Å²) in [7, 11) is 9.53. The Hall–Kier alpha value is 2.04. The van der Waals surface area contributed by atoms with Crippen LogP contribution in [0.15, 0.2) is 0 Å². The van der Waals surface area contributed by atoms with Crippen LogP contribution in [0.2, 0.25) is 0 Å². The molecule has 0 heterocycles. The predicted octanol–water partition coefficient (Wildman–Crippen LogP) is -7.92. The summed E-state index contributed by atoms with van der Waals surface area (Å²) in [5.41, 5.74) is 0. The van der Waals surface area contributed by atoms with Crippen molar-refractivity contribution in [2.24, 2.45) is 0 Å². The Morgan fingerprint density at radius 1 is 0.700 bits per heavy atom. The summed E-state index contributed by atoms with van der Waals surface area (Å²) < 4.78 is 0. The Bertz CT molecular complexity index is 17.2. The van der Waals surface area contributed by atoms with Gasteiger partial charge >= 0.3 is 50.4 Å². The van der Waals surface area contributed by atoms with E-state index in [0.717, 1.165) is 0 Å². The fraction of sp³-hybridized carbons (Fsp3) is 0. The first-order valence-corrected chi connectivity index (χ1v) is 3.31. The Morgan fingerprint density at radius 2 is 0.700 bits per heavy atom. The molecule has 4 nitrogen and oxygen atoms in total. The molecule has 0 saturated heterocycles. The minimum atomic E-state index is 0. The Morgan fingerprint density at radius 3 is 0.700 bits per heavy atom. The van der Waals surface area contributed by atoms with Crippen LogP contribution in [0.5, 0.6) is 0 Å². The van der Waals surface area contributed by atoms with Crippen molar-refractivity contribution < 1.29 is 76.9 Å². The second kappa shape index (κ2) is 120. The van der Waals surface area contributed by atoms with E-state index in [1.807, 2.05) is 0 Å². The van der Waals surface area contributed by atoms with Gasteiger partial charge in [0.05, 0.1) is 0 Å². The predicted molar refractivity (Wildman–Crippen MR) is 26.2 cm³/mol. The zero-order chi connectivity index (χ0) is 2.71.